The van der Waals surface area contributed by atoms with Crippen molar-refractivity contribution < 1.29 is 46.6 Å². The lowest BCUT2D eigenvalue weighted by Crippen LogP contribution is -2.60. The lowest BCUT2D eigenvalue weighted by atomic mass is 9.79. The van der Waals surface area contributed by atoms with E-state index in [1.165, 1.54) is 6.42 Å². The number of likely N-dealkylation sites (tertiary alicyclic amines) is 1. The normalized spacial score (nSPS) is 38.9. The van der Waals surface area contributed by atoms with Gasteiger partial charge in [-0.15, -0.1) is 0 Å². The van der Waals surface area contributed by atoms with Gasteiger partial charge in [0.15, 0.2) is 12.1 Å². The molecule has 2 N–H and O–H groups in total. The molecule has 12 nitrogen and oxygen atoms in total. The zero-order valence-corrected chi connectivity index (χ0v) is 33.2. The van der Waals surface area contributed by atoms with E-state index in [-0.39, 0.29) is 42.8 Å². The van der Waals surface area contributed by atoms with E-state index in [2.05, 4.69) is 4.90 Å². The van der Waals surface area contributed by atoms with Gasteiger partial charge in [0.1, 0.15) is 12.2 Å². The van der Waals surface area contributed by atoms with Crippen LogP contribution in [0.3, 0.4) is 0 Å². The lowest BCUT2D eigenvalue weighted by Gasteiger charge is -2.47. The van der Waals surface area contributed by atoms with E-state index >= 15 is 0 Å². The molecule has 3 aliphatic rings. The Labute approximate surface area is 307 Å². The van der Waals surface area contributed by atoms with E-state index in [0.717, 1.165) is 38.7 Å². The van der Waals surface area contributed by atoms with Crippen molar-refractivity contribution in [2.45, 2.75) is 129 Å². The van der Waals surface area contributed by atoms with Crippen molar-refractivity contribution in [2.24, 2.45) is 29.6 Å². The summed E-state index contributed by atoms with van der Waals surface area (Å²) >= 11 is 0. The van der Waals surface area contributed by atoms with E-state index < -0.39 is 64.5 Å². The number of cyclic esters (lactones) is 1. The van der Waals surface area contributed by atoms with Crippen LogP contribution in [-0.2, 0) is 38.1 Å². The summed E-state index contributed by atoms with van der Waals surface area (Å²) < 4.78 is 47.8. The first-order valence-corrected chi connectivity index (χ1v) is 20.7. The Morgan fingerprint density at radius 2 is 1.69 bits per heavy atom. The summed E-state index contributed by atoms with van der Waals surface area (Å²) in [5.41, 5.74) is 0.693. The predicted octanol–water partition coefficient (Wildman–Crippen LogP) is 3.95. The number of aliphatic hydroxyl groups excluding tert-OH is 2. The fraction of sp³-hybridized carbons (Fsp3) is 0.842. The second-order valence-electron chi connectivity index (χ2n) is 15.6. The van der Waals surface area contributed by atoms with Crippen molar-refractivity contribution in [1.82, 2.24) is 9.80 Å². The zero-order chi connectivity index (χ0) is 38.0. The molecule has 0 saturated carbocycles. The molecule has 0 radical (unpaired) electrons. The summed E-state index contributed by atoms with van der Waals surface area (Å²) in [7, 11) is 0.0695. The van der Waals surface area contributed by atoms with Gasteiger partial charge in [0, 0.05) is 29.7 Å². The smallest absolute Gasteiger partial charge is 0.308 e. The highest BCUT2D eigenvalue weighted by molar-refractivity contribution is 7.85. The van der Waals surface area contributed by atoms with Crippen LogP contribution in [0.4, 0.5) is 0 Å². The number of carbonyl (C=O) groups excluding carboxylic acids is 2. The van der Waals surface area contributed by atoms with Gasteiger partial charge in [-0.2, -0.15) is 8.42 Å². The summed E-state index contributed by atoms with van der Waals surface area (Å²) in [5.74, 6) is -2.51. The predicted molar refractivity (Wildman–Crippen MR) is 196 cm³/mol. The van der Waals surface area contributed by atoms with Crippen LogP contribution in [-0.4, -0.2) is 130 Å². The second-order valence-corrected chi connectivity index (χ2v) is 17.2. The van der Waals surface area contributed by atoms with Gasteiger partial charge in [-0.05, 0) is 91.7 Å². The third-order valence-electron chi connectivity index (χ3n) is 11.1. The first kappa shape index (κ1) is 43.7. The lowest BCUT2D eigenvalue weighted by molar-refractivity contribution is -0.295. The average molecular weight is 743 g/mol. The fourth-order valence-corrected chi connectivity index (χ4v) is 8.30. The molecule has 3 aliphatic heterocycles. The van der Waals surface area contributed by atoms with Crippen LogP contribution in [0, 0.1) is 29.6 Å². The summed E-state index contributed by atoms with van der Waals surface area (Å²) in [6.07, 6.45) is 5.86. The molecule has 3 heterocycles. The number of aliphatic hydroxyl groups is 2. The Kier molecular flexibility index (Phi) is 17.2. The molecule has 12 unspecified atom stereocenters. The maximum absolute atomic E-state index is 13.6. The van der Waals surface area contributed by atoms with Crippen molar-refractivity contribution in [3.63, 3.8) is 0 Å². The number of ether oxygens (including phenoxy) is 3. The van der Waals surface area contributed by atoms with Crippen LogP contribution in [0.1, 0.15) is 86.5 Å². The van der Waals surface area contributed by atoms with Gasteiger partial charge in [0.25, 0.3) is 10.1 Å². The maximum atomic E-state index is 13.6. The van der Waals surface area contributed by atoms with Crippen LogP contribution in [0.2, 0.25) is 0 Å². The number of carbonyl (C=O) groups is 2. The number of hydrogen-bond acceptors (Lipinski definition) is 12. The van der Waals surface area contributed by atoms with Gasteiger partial charge in [-0.1, -0.05) is 51.8 Å². The Hall–Kier alpha value is -1.71. The molecule has 0 amide bonds. The van der Waals surface area contributed by atoms with Gasteiger partial charge in [-0.25, -0.2) is 0 Å². The van der Waals surface area contributed by atoms with Gasteiger partial charge < -0.3 is 34.2 Å². The minimum atomic E-state index is -3.77. The number of likely N-dealkylation sites (N-methyl/N-ethyl adjacent to an activating group) is 1. The number of esters is 1. The Morgan fingerprint density at radius 1 is 1.02 bits per heavy atom. The molecule has 2 fully saturated rings. The van der Waals surface area contributed by atoms with Crippen molar-refractivity contribution in [1.29, 1.82) is 0 Å². The molecule has 294 valence electrons. The molecule has 3 rings (SSSR count). The molecule has 0 aromatic rings. The topological polar surface area (TPSA) is 152 Å². The molecule has 2 saturated heterocycles. The first-order valence-electron chi connectivity index (χ1n) is 18.9. The monoisotopic (exact) mass is 742 g/mol. The number of piperidine rings is 1. The SMILES string of the molecule is CCC1OC(=O)CC(O)C(C)C(OC2OC(C)C(C)C(N(C)C)C2O)C(CCN2CCCCC2)CC(C)C(=O)/C=C/C(C)=C/C1COS(C)(=O)=O. The van der Waals surface area contributed by atoms with Crippen molar-refractivity contribution in [3.05, 3.63) is 23.8 Å². The van der Waals surface area contributed by atoms with E-state index in [1.807, 2.05) is 53.6 Å². The summed E-state index contributed by atoms with van der Waals surface area (Å²) in [5, 5.41) is 23.3. The van der Waals surface area contributed by atoms with E-state index in [1.54, 1.807) is 25.2 Å². The fourth-order valence-electron chi connectivity index (χ4n) is 7.89. The summed E-state index contributed by atoms with van der Waals surface area (Å²) in [6, 6.07) is -0.237. The molecule has 0 aliphatic carbocycles. The molecule has 0 bridgehead atoms. The standard InChI is InChI=1S/C38H66N2O10S/c1-10-33-30(23-47-51(9,45)46)20-24(2)14-15-31(41)25(3)21-29(16-19-40-17-12-11-13-18-40)37(27(5)32(42)22-34(43)49-33)50-38-36(44)35(39(7)8)26(4)28(6)48-38/h14-15,20,25-30,32-33,35-38,42,44H,10-13,16-19,21-23H2,1-9H3/b15-14+,24-20+. The van der Waals surface area contributed by atoms with Crippen molar-refractivity contribution >= 4 is 21.9 Å². The van der Waals surface area contributed by atoms with Crippen LogP contribution in [0.25, 0.3) is 0 Å². The van der Waals surface area contributed by atoms with E-state index in [9.17, 15) is 28.2 Å². The number of rotatable bonds is 10. The van der Waals surface area contributed by atoms with Gasteiger partial charge in [0.05, 0.1) is 37.6 Å². The van der Waals surface area contributed by atoms with Crippen molar-refractivity contribution in [2.75, 3.05) is 46.6 Å². The Morgan fingerprint density at radius 3 is 2.29 bits per heavy atom. The molecule has 12 atom stereocenters. The molecule has 51 heavy (non-hydrogen) atoms. The van der Waals surface area contributed by atoms with Gasteiger partial charge >= 0.3 is 5.97 Å². The largest absolute Gasteiger partial charge is 0.462 e. The molecule has 0 aromatic carbocycles. The van der Waals surface area contributed by atoms with Crippen LogP contribution >= 0.6 is 0 Å². The van der Waals surface area contributed by atoms with Crippen LogP contribution in [0.15, 0.2) is 23.8 Å². The van der Waals surface area contributed by atoms with Crippen molar-refractivity contribution in [3.8, 4) is 0 Å². The average Bonchev–Trinajstić information content (AvgIpc) is 3.06. The third-order valence-corrected chi connectivity index (χ3v) is 11.7. The zero-order valence-electron chi connectivity index (χ0n) is 32.4. The number of ketones is 1. The van der Waals surface area contributed by atoms with Gasteiger partial charge in [-0.3, -0.25) is 13.8 Å². The highest BCUT2D eigenvalue weighted by Gasteiger charge is 2.46. The Bertz CT molecular complexity index is 1280. The molecular formula is C38H66N2O10S. The highest BCUT2D eigenvalue weighted by atomic mass is 32.2. The van der Waals surface area contributed by atoms with E-state index in [0.29, 0.717) is 24.8 Å². The summed E-state index contributed by atoms with van der Waals surface area (Å²) in [6.45, 7) is 13.9. The third kappa shape index (κ3) is 13.3. The molecule has 13 heteroatoms. The molecule has 0 spiro atoms. The Balaban J connectivity index is 2.04. The molecule has 0 aromatic heterocycles. The minimum Gasteiger partial charge on any atom is -0.462 e. The number of allylic oxidation sites excluding steroid dienone is 3. The maximum Gasteiger partial charge on any atom is 0.308 e. The number of hydrogen-bond donors (Lipinski definition) is 2. The van der Waals surface area contributed by atoms with Crippen LogP contribution < -0.4 is 0 Å². The highest BCUT2D eigenvalue weighted by Crippen LogP contribution is 2.36. The van der Waals surface area contributed by atoms with E-state index in [4.69, 9.17) is 18.4 Å². The molecular weight excluding hydrogens is 676 g/mol. The second kappa shape index (κ2) is 20.1. The van der Waals surface area contributed by atoms with Crippen LogP contribution in [0.5, 0.6) is 0 Å². The quantitative estimate of drug-likeness (QED) is 0.246. The summed E-state index contributed by atoms with van der Waals surface area (Å²) in [4.78, 5) is 31.5. The van der Waals surface area contributed by atoms with Gasteiger partial charge in [0.2, 0.25) is 0 Å². The number of nitrogens with zero attached hydrogens (tertiary/aromatic N) is 2. The minimum absolute atomic E-state index is 0.0275. The first-order chi connectivity index (χ1) is 23.9.